The quantitative estimate of drug-likeness (QED) is 0.847. The molecule has 2 rings (SSSR count). The van der Waals surface area contributed by atoms with Gasteiger partial charge in [-0.2, -0.15) is 0 Å². The molecule has 0 aromatic heterocycles. The van der Waals surface area contributed by atoms with Crippen molar-refractivity contribution in [2.75, 3.05) is 4.90 Å². The Hall–Kier alpha value is -2.17. The molecule has 1 unspecified atom stereocenters. The van der Waals surface area contributed by atoms with Crippen molar-refractivity contribution in [2.24, 2.45) is 0 Å². The van der Waals surface area contributed by atoms with Crippen molar-refractivity contribution in [2.45, 2.75) is 52.0 Å². The lowest BCUT2D eigenvalue weighted by Gasteiger charge is -2.28. The van der Waals surface area contributed by atoms with Crippen molar-refractivity contribution in [1.29, 1.82) is 0 Å². The lowest BCUT2D eigenvalue weighted by Crippen LogP contribution is -2.50. The first-order valence-corrected chi connectivity index (χ1v) is 7.54. The zero-order valence-corrected chi connectivity index (χ0v) is 13.5. The zero-order valence-electron chi connectivity index (χ0n) is 13.5. The summed E-state index contributed by atoms with van der Waals surface area (Å²) in [6, 6.07) is 5.06. The van der Waals surface area contributed by atoms with E-state index in [0.29, 0.717) is 12.8 Å². The number of hydrogen-bond acceptors (Lipinski definition) is 3. The molecule has 1 heterocycles. The summed E-state index contributed by atoms with van der Waals surface area (Å²) < 4.78 is 0. The van der Waals surface area contributed by atoms with Crippen LogP contribution >= 0.6 is 0 Å². The molecule has 22 heavy (non-hydrogen) atoms. The number of nitrogens with one attached hydrogen (secondary N) is 1. The topological polar surface area (TPSA) is 66.5 Å². The predicted molar refractivity (Wildman–Crippen MR) is 84.6 cm³/mol. The summed E-state index contributed by atoms with van der Waals surface area (Å²) in [7, 11) is 0. The van der Waals surface area contributed by atoms with Gasteiger partial charge in [-0.15, -0.1) is 0 Å². The van der Waals surface area contributed by atoms with Gasteiger partial charge < -0.3 is 0 Å². The number of amides is 3. The average Bonchev–Trinajstić information content (AvgIpc) is 2.65. The van der Waals surface area contributed by atoms with Gasteiger partial charge in [0, 0.05) is 5.69 Å². The van der Waals surface area contributed by atoms with Gasteiger partial charge in [-0.1, -0.05) is 25.5 Å². The van der Waals surface area contributed by atoms with E-state index in [1.54, 1.807) is 4.90 Å². The number of benzene rings is 1. The minimum absolute atomic E-state index is 0.101. The van der Waals surface area contributed by atoms with Crippen molar-refractivity contribution in [3.63, 3.8) is 0 Å². The van der Waals surface area contributed by atoms with E-state index in [1.165, 1.54) is 0 Å². The molecule has 0 bridgehead atoms. The van der Waals surface area contributed by atoms with E-state index in [1.807, 2.05) is 45.9 Å². The van der Waals surface area contributed by atoms with Crippen molar-refractivity contribution >= 4 is 23.9 Å². The third-order valence-electron chi connectivity index (χ3n) is 4.27. The van der Waals surface area contributed by atoms with E-state index in [4.69, 9.17) is 0 Å². The van der Waals surface area contributed by atoms with Crippen LogP contribution in [0, 0.1) is 6.92 Å². The number of anilines is 1. The van der Waals surface area contributed by atoms with E-state index in [0.717, 1.165) is 23.2 Å². The van der Waals surface area contributed by atoms with Gasteiger partial charge in [-0.05, 0) is 44.4 Å². The van der Waals surface area contributed by atoms with Gasteiger partial charge in [0.2, 0.25) is 18.2 Å². The molecule has 0 saturated carbocycles. The van der Waals surface area contributed by atoms with Crippen LogP contribution in [0.15, 0.2) is 18.2 Å². The Morgan fingerprint density at radius 2 is 2.09 bits per heavy atom. The molecule has 1 aliphatic heterocycles. The Bertz CT molecular complexity index is 622. The minimum Gasteiger partial charge on any atom is -0.299 e. The SMILES string of the molecule is CCCC(C(=O)NC=O)N1C(=O)C(C)(C)c2c(C)cccc21. The van der Waals surface area contributed by atoms with Crippen LogP contribution in [-0.2, 0) is 19.8 Å². The van der Waals surface area contributed by atoms with E-state index in [-0.39, 0.29) is 5.91 Å². The molecule has 3 amide bonds. The molecule has 0 radical (unpaired) electrons. The Balaban J connectivity index is 2.55. The molecule has 1 aliphatic rings. The van der Waals surface area contributed by atoms with Crippen LogP contribution < -0.4 is 10.2 Å². The number of carbonyl (C=O) groups excluding carboxylic acids is 3. The lowest BCUT2D eigenvalue weighted by atomic mass is 9.83. The van der Waals surface area contributed by atoms with Gasteiger partial charge >= 0.3 is 0 Å². The fraction of sp³-hybridized carbons (Fsp3) is 0.471. The molecule has 5 nitrogen and oxygen atoms in total. The first-order valence-electron chi connectivity index (χ1n) is 7.54. The summed E-state index contributed by atoms with van der Waals surface area (Å²) in [6.07, 6.45) is 1.62. The number of imide groups is 1. The van der Waals surface area contributed by atoms with E-state index in [9.17, 15) is 14.4 Å². The van der Waals surface area contributed by atoms with Gasteiger partial charge in [0.15, 0.2) is 0 Å². The highest BCUT2D eigenvalue weighted by Crippen LogP contribution is 2.44. The number of hydrogen-bond donors (Lipinski definition) is 1. The van der Waals surface area contributed by atoms with Crippen LogP contribution in [0.1, 0.15) is 44.7 Å². The number of carbonyl (C=O) groups is 3. The Morgan fingerprint density at radius 1 is 1.41 bits per heavy atom. The maximum Gasteiger partial charge on any atom is 0.249 e. The Kier molecular flexibility index (Phi) is 4.35. The summed E-state index contributed by atoms with van der Waals surface area (Å²) in [5.74, 6) is -0.536. The number of fused-ring (bicyclic) bond motifs is 1. The van der Waals surface area contributed by atoms with Crippen molar-refractivity contribution in [3.8, 4) is 0 Å². The summed E-state index contributed by atoms with van der Waals surface area (Å²) in [5, 5.41) is 2.19. The Labute approximate surface area is 130 Å². The fourth-order valence-corrected chi connectivity index (χ4v) is 3.30. The average molecular weight is 302 g/mol. The van der Waals surface area contributed by atoms with Crippen LogP contribution in [0.3, 0.4) is 0 Å². The molecule has 1 atom stereocenters. The maximum absolute atomic E-state index is 12.9. The van der Waals surface area contributed by atoms with E-state index in [2.05, 4.69) is 5.32 Å². The summed E-state index contributed by atoms with van der Waals surface area (Å²) in [6.45, 7) is 7.67. The highest BCUT2D eigenvalue weighted by molar-refractivity contribution is 6.12. The second-order valence-electron chi connectivity index (χ2n) is 6.20. The minimum atomic E-state index is -0.672. The molecule has 0 aliphatic carbocycles. The van der Waals surface area contributed by atoms with Crippen LogP contribution in [0.2, 0.25) is 0 Å². The molecule has 0 saturated heterocycles. The monoisotopic (exact) mass is 302 g/mol. The van der Waals surface area contributed by atoms with Gasteiger partial charge in [-0.3, -0.25) is 24.6 Å². The van der Waals surface area contributed by atoms with Crippen molar-refractivity contribution in [3.05, 3.63) is 29.3 Å². The third-order valence-corrected chi connectivity index (χ3v) is 4.27. The Morgan fingerprint density at radius 3 is 2.68 bits per heavy atom. The smallest absolute Gasteiger partial charge is 0.249 e. The van der Waals surface area contributed by atoms with Crippen LogP contribution in [-0.4, -0.2) is 24.3 Å². The van der Waals surface area contributed by atoms with Crippen molar-refractivity contribution in [1.82, 2.24) is 5.32 Å². The standard InChI is InChI=1S/C17H22N2O3/c1-5-7-13(15(21)18-10-20)19-12-9-6-8-11(2)14(12)17(3,4)16(19)22/h6,8-10,13H,5,7H2,1-4H3,(H,18,20,21). The van der Waals surface area contributed by atoms with Crippen LogP contribution in [0.4, 0.5) is 5.69 Å². The summed E-state index contributed by atoms with van der Waals surface area (Å²) in [4.78, 5) is 37.3. The number of rotatable bonds is 5. The molecule has 1 N–H and O–H groups in total. The molecular weight excluding hydrogens is 280 g/mol. The third kappa shape index (κ3) is 2.40. The molecule has 0 fully saturated rings. The molecule has 118 valence electrons. The summed E-state index contributed by atoms with van der Waals surface area (Å²) in [5.41, 5.74) is 2.09. The van der Waals surface area contributed by atoms with Gasteiger partial charge in [0.1, 0.15) is 6.04 Å². The lowest BCUT2D eigenvalue weighted by molar-refractivity contribution is -0.130. The van der Waals surface area contributed by atoms with Crippen molar-refractivity contribution < 1.29 is 14.4 Å². The fourth-order valence-electron chi connectivity index (χ4n) is 3.30. The summed E-state index contributed by atoms with van der Waals surface area (Å²) >= 11 is 0. The van der Waals surface area contributed by atoms with Gasteiger partial charge in [0.25, 0.3) is 0 Å². The van der Waals surface area contributed by atoms with Gasteiger partial charge in [0.05, 0.1) is 5.41 Å². The molecule has 1 aromatic rings. The first kappa shape index (κ1) is 16.2. The van der Waals surface area contributed by atoms with E-state index >= 15 is 0 Å². The molecular formula is C17H22N2O3. The van der Waals surface area contributed by atoms with Crippen LogP contribution in [0.5, 0.6) is 0 Å². The highest BCUT2D eigenvalue weighted by Gasteiger charge is 2.48. The zero-order chi connectivity index (χ0) is 16.5. The second kappa shape index (κ2) is 5.91. The largest absolute Gasteiger partial charge is 0.299 e. The first-order chi connectivity index (χ1) is 10.4. The van der Waals surface area contributed by atoms with Gasteiger partial charge in [-0.25, -0.2) is 0 Å². The molecule has 0 spiro atoms. The van der Waals surface area contributed by atoms with E-state index < -0.39 is 17.4 Å². The second-order valence-corrected chi connectivity index (χ2v) is 6.20. The highest BCUT2D eigenvalue weighted by atomic mass is 16.2. The molecule has 5 heteroatoms. The predicted octanol–water partition coefficient (Wildman–Crippen LogP) is 2.06. The molecule has 1 aromatic carbocycles. The number of nitrogens with zero attached hydrogens (tertiary/aromatic N) is 1. The maximum atomic E-state index is 12.9. The number of aryl methyl sites for hydroxylation is 1. The normalized spacial score (nSPS) is 17.1. The van der Waals surface area contributed by atoms with Crippen LogP contribution in [0.25, 0.3) is 0 Å².